The maximum absolute atomic E-state index is 12.6. The summed E-state index contributed by atoms with van der Waals surface area (Å²) in [5.74, 6) is 0. The Morgan fingerprint density at radius 3 is 2.42 bits per heavy atom. The molecule has 1 amide bonds. The molecule has 0 radical (unpaired) electrons. The Labute approximate surface area is 197 Å². The lowest BCUT2D eigenvalue weighted by Crippen LogP contribution is -2.56. The number of rotatable bonds is 4. The van der Waals surface area contributed by atoms with Gasteiger partial charge in [-0.1, -0.05) is 53.0 Å². The summed E-state index contributed by atoms with van der Waals surface area (Å²) in [4.78, 5) is 14.2. The highest BCUT2D eigenvalue weighted by molar-refractivity contribution is 6.42. The molecule has 1 N–H and O–H groups in total. The molecule has 0 spiro atoms. The monoisotopic (exact) mass is 485 g/mol. The van der Waals surface area contributed by atoms with E-state index in [0.29, 0.717) is 33.6 Å². The van der Waals surface area contributed by atoms with E-state index in [2.05, 4.69) is 0 Å². The van der Waals surface area contributed by atoms with Crippen LogP contribution in [0.2, 0.25) is 15.1 Å². The molecule has 2 atom stereocenters. The van der Waals surface area contributed by atoms with E-state index in [9.17, 15) is 9.90 Å². The Hall–Kier alpha value is -1.50. The predicted octanol–water partition coefficient (Wildman–Crippen LogP) is 6.06. The van der Waals surface area contributed by atoms with Crippen LogP contribution in [0.4, 0.5) is 4.79 Å². The summed E-state index contributed by atoms with van der Waals surface area (Å²) in [5, 5.41) is 13.1. The van der Waals surface area contributed by atoms with Crippen LogP contribution in [0.25, 0.3) is 0 Å². The minimum absolute atomic E-state index is 0.176. The van der Waals surface area contributed by atoms with E-state index in [1.807, 2.05) is 26.8 Å². The standard InChI is InChI=1S/C23H26Cl3NO4/c1-22(2,3)31-21(28)27-11-10-23(29,16-5-7-17(24)8-6-16)20(13-27)30-14-15-4-9-18(25)19(26)12-15/h4-9,12,20,29H,10-11,13-14H2,1-3H3/t20-,23-/m1/s1. The fourth-order valence-electron chi connectivity index (χ4n) is 3.49. The molecular weight excluding hydrogens is 461 g/mol. The molecule has 1 aliphatic heterocycles. The third-order valence-corrected chi connectivity index (χ3v) is 6.10. The van der Waals surface area contributed by atoms with Crippen molar-refractivity contribution in [2.75, 3.05) is 13.1 Å². The molecule has 1 saturated heterocycles. The van der Waals surface area contributed by atoms with Crippen LogP contribution in [0.1, 0.15) is 38.3 Å². The summed E-state index contributed by atoms with van der Waals surface area (Å²) in [6, 6.07) is 12.2. The molecule has 0 unspecified atom stereocenters. The van der Waals surface area contributed by atoms with Gasteiger partial charge in [-0.3, -0.25) is 0 Å². The van der Waals surface area contributed by atoms with Crippen LogP contribution in [-0.4, -0.2) is 40.9 Å². The number of piperidine rings is 1. The first-order valence-corrected chi connectivity index (χ1v) is 11.1. The van der Waals surface area contributed by atoms with Gasteiger partial charge in [-0.05, 0) is 56.2 Å². The van der Waals surface area contributed by atoms with Crippen molar-refractivity contribution in [1.82, 2.24) is 4.90 Å². The number of ether oxygens (including phenoxy) is 2. The number of amides is 1. The van der Waals surface area contributed by atoms with Gasteiger partial charge >= 0.3 is 6.09 Å². The number of hydrogen-bond acceptors (Lipinski definition) is 4. The zero-order valence-corrected chi connectivity index (χ0v) is 20.0. The van der Waals surface area contributed by atoms with Crippen molar-refractivity contribution in [3.63, 3.8) is 0 Å². The maximum atomic E-state index is 12.6. The van der Waals surface area contributed by atoms with Gasteiger partial charge in [-0.2, -0.15) is 0 Å². The van der Waals surface area contributed by atoms with Gasteiger partial charge in [-0.25, -0.2) is 4.79 Å². The van der Waals surface area contributed by atoms with E-state index in [4.69, 9.17) is 44.3 Å². The van der Waals surface area contributed by atoms with Crippen molar-refractivity contribution < 1.29 is 19.4 Å². The summed E-state index contributed by atoms with van der Waals surface area (Å²) >= 11 is 18.1. The summed E-state index contributed by atoms with van der Waals surface area (Å²) in [6.45, 7) is 6.15. The normalized spacial score (nSPS) is 21.8. The number of benzene rings is 2. The number of carbonyl (C=O) groups is 1. The highest BCUT2D eigenvalue weighted by atomic mass is 35.5. The average molecular weight is 487 g/mol. The van der Waals surface area contributed by atoms with Crippen molar-refractivity contribution in [3.8, 4) is 0 Å². The van der Waals surface area contributed by atoms with Crippen LogP contribution in [0.3, 0.4) is 0 Å². The van der Waals surface area contributed by atoms with Gasteiger partial charge in [-0.15, -0.1) is 0 Å². The van der Waals surface area contributed by atoms with Crippen molar-refractivity contribution in [3.05, 3.63) is 68.7 Å². The summed E-state index contributed by atoms with van der Waals surface area (Å²) in [7, 11) is 0. The average Bonchev–Trinajstić information content (AvgIpc) is 2.69. The third kappa shape index (κ3) is 6.05. The van der Waals surface area contributed by atoms with Crippen molar-refractivity contribution in [2.45, 2.75) is 51.1 Å². The number of likely N-dealkylation sites (tertiary alicyclic amines) is 1. The van der Waals surface area contributed by atoms with Crippen molar-refractivity contribution in [2.24, 2.45) is 0 Å². The van der Waals surface area contributed by atoms with Gasteiger partial charge in [0.1, 0.15) is 17.3 Å². The molecule has 1 fully saturated rings. The Bertz CT molecular complexity index is 929. The minimum atomic E-state index is -1.29. The zero-order chi connectivity index (χ0) is 22.8. The summed E-state index contributed by atoms with van der Waals surface area (Å²) in [6.07, 6.45) is -0.835. The second-order valence-corrected chi connectivity index (χ2v) is 9.91. The minimum Gasteiger partial charge on any atom is -0.444 e. The van der Waals surface area contributed by atoms with E-state index in [1.165, 1.54) is 0 Å². The first-order valence-electron chi connectivity index (χ1n) is 10.00. The second kappa shape index (κ2) is 9.55. The van der Waals surface area contributed by atoms with Crippen LogP contribution in [0.5, 0.6) is 0 Å². The van der Waals surface area contributed by atoms with Gasteiger partial charge in [0.2, 0.25) is 0 Å². The Morgan fingerprint density at radius 1 is 1.13 bits per heavy atom. The van der Waals surface area contributed by atoms with Crippen LogP contribution in [-0.2, 0) is 21.7 Å². The molecule has 0 saturated carbocycles. The molecule has 1 heterocycles. The van der Waals surface area contributed by atoms with Crippen LogP contribution < -0.4 is 0 Å². The lowest BCUT2D eigenvalue weighted by molar-refractivity contribution is -0.154. The van der Waals surface area contributed by atoms with E-state index >= 15 is 0 Å². The molecule has 0 aliphatic carbocycles. The van der Waals surface area contributed by atoms with E-state index in [1.54, 1.807) is 41.3 Å². The predicted molar refractivity (Wildman–Crippen MR) is 123 cm³/mol. The van der Waals surface area contributed by atoms with E-state index < -0.39 is 23.4 Å². The molecule has 8 heteroatoms. The zero-order valence-electron chi connectivity index (χ0n) is 17.7. The molecule has 168 valence electrons. The molecule has 5 nitrogen and oxygen atoms in total. The highest BCUT2D eigenvalue weighted by Gasteiger charge is 2.45. The second-order valence-electron chi connectivity index (χ2n) is 8.66. The summed E-state index contributed by atoms with van der Waals surface area (Å²) < 4.78 is 11.6. The third-order valence-electron chi connectivity index (χ3n) is 5.11. The fourth-order valence-corrected chi connectivity index (χ4v) is 3.93. The van der Waals surface area contributed by atoms with Gasteiger partial charge in [0, 0.05) is 18.0 Å². The molecule has 0 aromatic heterocycles. The number of hydrogen-bond donors (Lipinski definition) is 1. The van der Waals surface area contributed by atoms with E-state index in [0.717, 1.165) is 5.56 Å². The number of halogens is 3. The van der Waals surface area contributed by atoms with Crippen molar-refractivity contribution >= 4 is 40.9 Å². The Kier molecular flexibility index (Phi) is 7.44. The van der Waals surface area contributed by atoms with Gasteiger partial charge in [0.15, 0.2) is 0 Å². The maximum Gasteiger partial charge on any atom is 0.410 e. The van der Waals surface area contributed by atoms with Crippen LogP contribution in [0.15, 0.2) is 42.5 Å². The topological polar surface area (TPSA) is 59.0 Å². The molecule has 1 aliphatic rings. The van der Waals surface area contributed by atoms with Gasteiger partial charge < -0.3 is 19.5 Å². The molecule has 3 rings (SSSR count). The largest absolute Gasteiger partial charge is 0.444 e. The van der Waals surface area contributed by atoms with Gasteiger partial charge in [0.25, 0.3) is 0 Å². The highest BCUT2D eigenvalue weighted by Crippen LogP contribution is 2.36. The van der Waals surface area contributed by atoms with Crippen LogP contribution >= 0.6 is 34.8 Å². The number of aliphatic hydroxyl groups is 1. The van der Waals surface area contributed by atoms with Crippen molar-refractivity contribution in [1.29, 1.82) is 0 Å². The molecule has 31 heavy (non-hydrogen) atoms. The number of nitrogens with zero attached hydrogens (tertiary/aromatic N) is 1. The number of carbonyl (C=O) groups excluding carboxylic acids is 1. The molecular formula is C23H26Cl3NO4. The SMILES string of the molecule is CC(C)(C)OC(=O)N1CC[C@@](O)(c2ccc(Cl)cc2)[C@H](OCc2ccc(Cl)c(Cl)c2)C1. The van der Waals surface area contributed by atoms with E-state index in [-0.39, 0.29) is 13.2 Å². The lowest BCUT2D eigenvalue weighted by Gasteiger charge is -2.44. The Balaban J connectivity index is 1.83. The first kappa shape index (κ1) is 24.1. The quantitative estimate of drug-likeness (QED) is 0.570. The van der Waals surface area contributed by atoms with Crippen LogP contribution in [0, 0.1) is 0 Å². The first-order chi connectivity index (χ1) is 14.5. The molecule has 2 aromatic carbocycles. The molecule has 2 aromatic rings. The smallest absolute Gasteiger partial charge is 0.410 e. The lowest BCUT2D eigenvalue weighted by atomic mass is 9.82. The summed E-state index contributed by atoms with van der Waals surface area (Å²) in [5.41, 5.74) is -0.418. The molecule has 0 bridgehead atoms. The fraction of sp³-hybridized carbons (Fsp3) is 0.435. The Morgan fingerprint density at radius 2 is 1.81 bits per heavy atom. The van der Waals surface area contributed by atoms with Gasteiger partial charge in [0.05, 0.1) is 23.2 Å².